The molecule has 0 unspecified atom stereocenters. The molecule has 8 nitrogen and oxygen atoms in total. The van der Waals surface area contributed by atoms with Crippen LogP contribution in [0.2, 0.25) is 0 Å². The van der Waals surface area contributed by atoms with Crippen LogP contribution >= 0.6 is 11.3 Å². The second kappa shape index (κ2) is 7.06. The number of nitrogens with one attached hydrogen (secondary N) is 1. The number of hydrogen-bond acceptors (Lipinski definition) is 7. The number of aryl methyl sites for hydroxylation is 1. The van der Waals surface area contributed by atoms with Crippen LogP contribution in [0.25, 0.3) is 10.2 Å². The molecule has 3 aromatic rings. The summed E-state index contributed by atoms with van der Waals surface area (Å²) in [6.45, 7) is 1.77. The molecule has 0 amide bonds. The summed E-state index contributed by atoms with van der Waals surface area (Å²) >= 11 is 0.980. The van der Waals surface area contributed by atoms with E-state index in [1.807, 2.05) is 0 Å². The van der Waals surface area contributed by atoms with Crippen molar-refractivity contribution in [2.45, 2.75) is 18.4 Å². The Labute approximate surface area is 153 Å². The molecule has 1 N–H and O–H groups in total. The van der Waals surface area contributed by atoms with Gasteiger partial charge in [0.05, 0.1) is 28.3 Å². The topological polar surface area (TPSA) is 108 Å². The Morgan fingerprint density at radius 1 is 1.31 bits per heavy atom. The van der Waals surface area contributed by atoms with Gasteiger partial charge in [0.15, 0.2) is 0 Å². The Morgan fingerprint density at radius 2 is 2.08 bits per heavy atom. The molecule has 2 heterocycles. The quantitative estimate of drug-likeness (QED) is 0.637. The largest absolute Gasteiger partial charge is 0.460 e. The van der Waals surface area contributed by atoms with Crippen molar-refractivity contribution >= 4 is 37.5 Å². The van der Waals surface area contributed by atoms with Crippen LogP contribution in [0.15, 0.2) is 44.4 Å². The maximum atomic E-state index is 12.5. The third-order valence-corrected chi connectivity index (χ3v) is 6.04. The highest BCUT2D eigenvalue weighted by Gasteiger charge is 2.18. The summed E-state index contributed by atoms with van der Waals surface area (Å²) in [5.74, 6) is -0.315. The van der Waals surface area contributed by atoms with Crippen molar-refractivity contribution in [2.24, 2.45) is 7.05 Å². The molecule has 0 aliphatic rings. The molecule has 0 atom stereocenters. The molecule has 1 aromatic carbocycles. The lowest BCUT2D eigenvalue weighted by Crippen LogP contribution is -2.23. The number of aromatic nitrogens is 1. The first-order valence-electron chi connectivity index (χ1n) is 7.67. The fourth-order valence-corrected chi connectivity index (χ4v) is 4.33. The van der Waals surface area contributed by atoms with Crippen LogP contribution in [-0.2, 0) is 28.4 Å². The summed E-state index contributed by atoms with van der Waals surface area (Å²) < 4.78 is 39.5. The Kier molecular flexibility index (Phi) is 4.99. The summed E-state index contributed by atoms with van der Waals surface area (Å²) in [7, 11) is -2.17. The van der Waals surface area contributed by atoms with Gasteiger partial charge < -0.3 is 13.7 Å². The van der Waals surface area contributed by atoms with Gasteiger partial charge in [0.2, 0.25) is 15.8 Å². The second-order valence-electron chi connectivity index (χ2n) is 5.37. The van der Waals surface area contributed by atoms with Gasteiger partial charge in [-0.2, -0.15) is 0 Å². The highest BCUT2D eigenvalue weighted by Crippen LogP contribution is 2.21. The monoisotopic (exact) mass is 396 g/mol. The third kappa shape index (κ3) is 3.57. The van der Waals surface area contributed by atoms with E-state index in [1.54, 1.807) is 20.0 Å². The molecule has 0 fully saturated rings. The number of esters is 1. The second-order valence-corrected chi connectivity index (χ2v) is 8.13. The van der Waals surface area contributed by atoms with Crippen molar-refractivity contribution in [3.8, 4) is 0 Å². The summed E-state index contributed by atoms with van der Waals surface area (Å²) in [6.07, 6.45) is 0. The van der Waals surface area contributed by atoms with E-state index in [0.29, 0.717) is 10.2 Å². The van der Waals surface area contributed by atoms with E-state index in [-0.39, 0.29) is 34.4 Å². The number of thiazole rings is 1. The van der Waals surface area contributed by atoms with Crippen LogP contribution in [0.1, 0.15) is 23.2 Å². The highest BCUT2D eigenvalue weighted by molar-refractivity contribution is 7.89. The zero-order valence-electron chi connectivity index (χ0n) is 14.0. The predicted molar refractivity (Wildman–Crippen MR) is 95.8 cm³/mol. The normalized spacial score (nSPS) is 11.8. The number of rotatable bonds is 6. The van der Waals surface area contributed by atoms with E-state index in [0.717, 1.165) is 11.3 Å². The van der Waals surface area contributed by atoms with Gasteiger partial charge in [-0.05, 0) is 37.3 Å². The molecule has 0 spiro atoms. The number of hydrogen-bond donors (Lipinski definition) is 1. The van der Waals surface area contributed by atoms with E-state index in [2.05, 4.69) is 4.72 Å². The van der Waals surface area contributed by atoms with Crippen LogP contribution in [0, 0.1) is 0 Å². The van der Waals surface area contributed by atoms with Gasteiger partial charge in [0.25, 0.3) is 0 Å². The lowest BCUT2D eigenvalue weighted by molar-refractivity contribution is 0.0488. The minimum Gasteiger partial charge on any atom is -0.460 e. The third-order valence-electron chi connectivity index (χ3n) is 3.65. The standard InChI is InChI=1S/C16H16N2O6S2/c1-3-23-15(19)13-7-4-10(24-13)9-17-26(21,22)11-5-6-12-14(8-11)25-16(20)18(12)2/h4-8,17H,3,9H2,1-2H3. The van der Waals surface area contributed by atoms with E-state index in [4.69, 9.17) is 9.15 Å². The molecule has 26 heavy (non-hydrogen) atoms. The highest BCUT2D eigenvalue weighted by atomic mass is 32.2. The van der Waals surface area contributed by atoms with E-state index >= 15 is 0 Å². The molecule has 3 rings (SSSR count). The van der Waals surface area contributed by atoms with Crippen molar-refractivity contribution < 1.29 is 22.4 Å². The van der Waals surface area contributed by atoms with Crippen molar-refractivity contribution in [1.29, 1.82) is 0 Å². The van der Waals surface area contributed by atoms with Gasteiger partial charge in [0, 0.05) is 7.05 Å². The first kappa shape index (κ1) is 18.4. The lowest BCUT2D eigenvalue weighted by atomic mass is 10.3. The van der Waals surface area contributed by atoms with Crippen molar-refractivity contribution in [2.75, 3.05) is 6.61 Å². The molecule has 2 aromatic heterocycles. The van der Waals surface area contributed by atoms with Gasteiger partial charge in [-0.1, -0.05) is 11.3 Å². The predicted octanol–water partition coefficient (Wildman–Crippen LogP) is 1.85. The first-order chi connectivity index (χ1) is 12.3. The van der Waals surface area contributed by atoms with E-state index < -0.39 is 16.0 Å². The van der Waals surface area contributed by atoms with Crippen molar-refractivity contribution in [3.05, 3.63) is 51.5 Å². The van der Waals surface area contributed by atoms with Gasteiger partial charge in [-0.15, -0.1) is 0 Å². The number of sulfonamides is 1. The molecule has 138 valence electrons. The molecule has 0 aliphatic heterocycles. The Hall–Kier alpha value is -2.43. The Morgan fingerprint density at radius 3 is 2.81 bits per heavy atom. The van der Waals surface area contributed by atoms with Crippen LogP contribution in [-0.4, -0.2) is 25.6 Å². The fourth-order valence-electron chi connectivity index (χ4n) is 2.32. The number of fused-ring (bicyclic) bond motifs is 1. The zero-order valence-corrected chi connectivity index (χ0v) is 15.6. The maximum Gasteiger partial charge on any atom is 0.374 e. The van der Waals surface area contributed by atoms with Crippen LogP contribution < -0.4 is 9.60 Å². The smallest absolute Gasteiger partial charge is 0.374 e. The average molecular weight is 396 g/mol. The SMILES string of the molecule is CCOC(=O)c1ccc(CNS(=O)(=O)c2ccc3c(c2)sc(=O)n3C)o1. The molecule has 0 bridgehead atoms. The Balaban J connectivity index is 1.77. The number of carbonyl (C=O) groups is 1. The molecule has 10 heteroatoms. The first-order valence-corrected chi connectivity index (χ1v) is 9.97. The number of benzene rings is 1. The van der Waals surface area contributed by atoms with E-state index in [9.17, 15) is 18.0 Å². The van der Waals surface area contributed by atoms with Gasteiger partial charge in [0.1, 0.15) is 5.76 Å². The number of nitrogens with zero attached hydrogens (tertiary/aromatic N) is 1. The van der Waals surface area contributed by atoms with Crippen molar-refractivity contribution in [1.82, 2.24) is 9.29 Å². The molecule has 0 saturated carbocycles. The molecular weight excluding hydrogens is 380 g/mol. The summed E-state index contributed by atoms with van der Waals surface area (Å²) in [4.78, 5) is 23.1. The van der Waals surface area contributed by atoms with Crippen molar-refractivity contribution in [3.63, 3.8) is 0 Å². The fraction of sp³-hybridized carbons (Fsp3) is 0.250. The molecule has 0 aliphatic carbocycles. The van der Waals surface area contributed by atoms with Crippen LogP contribution in [0.4, 0.5) is 0 Å². The van der Waals surface area contributed by atoms with Crippen LogP contribution in [0.3, 0.4) is 0 Å². The van der Waals surface area contributed by atoms with Gasteiger partial charge >= 0.3 is 10.8 Å². The summed E-state index contributed by atoms with van der Waals surface area (Å²) in [6, 6.07) is 7.41. The van der Waals surface area contributed by atoms with E-state index in [1.165, 1.54) is 28.8 Å². The number of furan rings is 1. The van der Waals surface area contributed by atoms with Crippen LogP contribution in [0.5, 0.6) is 0 Å². The molecule has 0 radical (unpaired) electrons. The summed E-state index contributed by atoms with van der Waals surface area (Å²) in [5.41, 5.74) is 0.670. The minimum absolute atomic E-state index is 0.0107. The lowest BCUT2D eigenvalue weighted by Gasteiger charge is -2.06. The Bertz CT molecular complexity index is 1120. The average Bonchev–Trinajstić information content (AvgIpc) is 3.19. The van der Waals surface area contributed by atoms with Gasteiger partial charge in [-0.3, -0.25) is 4.79 Å². The number of ether oxygens (including phenoxy) is 1. The summed E-state index contributed by atoms with van der Waals surface area (Å²) in [5, 5.41) is 0. The maximum absolute atomic E-state index is 12.5. The minimum atomic E-state index is -3.81. The molecule has 0 saturated heterocycles. The zero-order chi connectivity index (χ0) is 18.9. The van der Waals surface area contributed by atoms with Gasteiger partial charge in [-0.25, -0.2) is 17.9 Å². The molecular formula is C16H16N2O6S2. The number of carbonyl (C=O) groups excluding carboxylic acids is 1.